The maximum atomic E-state index is 13.3. The summed E-state index contributed by atoms with van der Waals surface area (Å²) < 4.78 is 39.1. The third kappa shape index (κ3) is 1.83. The first kappa shape index (κ1) is 11.3. The van der Waals surface area contributed by atoms with Crippen LogP contribution in [0.4, 0.5) is 13.2 Å². The van der Waals surface area contributed by atoms with Gasteiger partial charge in [0.25, 0.3) is 0 Å². The number of benzene rings is 1. The molecule has 0 spiro atoms. The zero-order valence-corrected chi connectivity index (χ0v) is 8.54. The third-order valence-electron chi connectivity index (χ3n) is 1.70. The van der Waals surface area contributed by atoms with Crippen molar-refractivity contribution < 1.29 is 18.3 Å². The zero-order chi connectivity index (χ0) is 10.9. The van der Waals surface area contributed by atoms with Gasteiger partial charge in [-0.2, -0.15) is 0 Å². The lowest BCUT2D eigenvalue weighted by molar-refractivity contribution is 0.266. The van der Waals surface area contributed by atoms with E-state index in [4.69, 9.17) is 5.11 Å². The number of hydrogen-bond acceptors (Lipinski definition) is 1. The highest BCUT2D eigenvalue weighted by Crippen LogP contribution is 2.27. The SMILES string of the molecule is C=C(Br)c1cc(F)c(F)c(CO)c1F. The predicted molar refractivity (Wildman–Crippen MR) is 50.2 cm³/mol. The fourth-order valence-electron chi connectivity index (χ4n) is 0.993. The van der Waals surface area contributed by atoms with E-state index in [9.17, 15) is 13.2 Å². The fraction of sp³-hybridized carbons (Fsp3) is 0.111. The zero-order valence-electron chi connectivity index (χ0n) is 6.95. The van der Waals surface area contributed by atoms with Crippen molar-refractivity contribution >= 4 is 20.4 Å². The summed E-state index contributed by atoms with van der Waals surface area (Å²) in [6.07, 6.45) is 0. The van der Waals surface area contributed by atoms with Gasteiger partial charge in [-0.05, 0) is 6.07 Å². The molecule has 0 unspecified atom stereocenters. The van der Waals surface area contributed by atoms with Crippen LogP contribution in [0.3, 0.4) is 0 Å². The predicted octanol–water partition coefficient (Wildman–Crippen LogP) is 2.96. The topological polar surface area (TPSA) is 20.2 Å². The van der Waals surface area contributed by atoms with Crippen molar-refractivity contribution in [2.45, 2.75) is 6.61 Å². The Morgan fingerprint density at radius 3 is 2.36 bits per heavy atom. The first-order chi connectivity index (χ1) is 6.49. The molecule has 0 bridgehead atoms. The Bertz CT molecular complexity index is 390. The minimum Gasteiger partial charge on any atom is -0.391 e. The molecule has 1 rings (SSSR count). The van der Waals surface area contributed by atoms with Crippen molar-refractivity contribution in [3.8, 4) is 0 Å². The highest BCUT2D eigenvalue weighted by molar-refractivity contribution is 9.15. The van der Waals surface area contributed by atoms with Crippen LogP contribution in [-0.4, -0.2) is 5.11 Å². The van der Waals surface area contributed by atoms with Crippen LogP contribution in [0, 0.1) is 17.5 Å². The molecular formula is C9H6BrF3O. The molecule has 0 amide bonds. The molecule has 5 heteroatoms. The van der Waals surface area contributed by atoms with Gasteiger partial charge >= 0.3 is 0 Å². The van der Waals surface area contributed by atoms with Crippen molar-refractivity contribution in [1.29, 1.82) is 0 Å². The van der Waals surface area contributed by atoms with Gasteiger partial charge in [0.05, 0.1) is 12.2 Å². The number of aliphatic hydroxyl groups excluding tert-OH is 1. The maximum Gasteiger partial charge on any atom is 0.167 e. The van der Waals surface area contributed by atoms with Crippen LogP contribution in [-0.2, 0) is 6.61 Å². The Labute approximate surface area is 87.0 Å². The number of aliphatic hydroxyl groups is 1. The van der Waals surface area contributed by atoms with E-state index in [-0.39, 0.29) is 10.0 Å². The highest BCUT2D eigenvalue weighted by Gasteiger charge is 2.18. The molecule has 76 valence electrons. The number of hydrogen-bond donors (Lipinski definition) is 1. The van der Waals surface area contributed by atoms with Crippen LogP contribution in [0.1, 0.15) is 11.1 Å². The van der Waals surface area contributed by atoms with E-state index < -0.39 is 29.6 Å². The van der Waals surface area contributed by atoms with Gasteiger partial charge in [-0.3, -0.25) is 0 Å². The Kier molecular flexibility index (Phi) is 3.34. The van der Waals surface area contributed by atoms with Gasteiger partial charge in [-0.25, -0.2) is 13.2 Å². The average Bonchev–Trinajstić information content (AvgIpc) is 2.12. The molecule has 0 atom stereocenters. The summed E-state index contributed by atoms with van der Waals surface area (Å²) in [5.41, 5.74) is -0.895. The van der Waals surface area contributed by atoms with Crippen LogP contribution in [0.5, 0.6) is 0 Å². The molecule has 0 aliphatic rings. The van der Waals surface area contributed by atoms with Crippen LogP contribution >= 0.6 is 15.9 Å². The van der Waals surface area contributed by atoms with Gasteiger partial charge in [0.1, 0.15) is 5.82 Å². The van der Waals surface area contributed by atoms with Crippen molar-refractivity contribution in [3.05, 3.63) is 41.2 Å². The van der Waals surface area contributed by atoms with Crippen LogP contribution in [0.25, 0.3) is 4.48 Å². The third-order valence-corrected chi connectivity index (χ3v) is 2.12. The van der Waals surface area contributed by atoms with Crippen molar-refractivity contribution in [2.24, 2.45) is 0 Å². The maximum absolute atomic E-state index is 13.3. The number of rotatable bonds is 2. The lowest BCUT2D eigenvalue weighted by atomic mass is 10.1. The van der Waals surface area contributed by atoms with E-state index in [0.717, 1.165) is 0 Å². The van der Waals surface area contributed by atoms with Crippen LogP contribution in [0.15, 0.2) is 12.6 Å². The molecule has 0 fully saturated rings. The molecule has 0 radical (unpaired) electrons. The first-order valence-corrected chi connectivity index (χ1v) is 4.40. The summed E-state index contributed by atoms with van der Waals surface area (Å²) in [6.45, 7) is 2.44. The van der Waals surface area contributed by atoms with E-state index in [1.54, 1.807) is 0 Å². The van der Waals surface area contributed by atoms with Gasteiger partial charge in [0, 0.05) is 10.0 Å². The normalized spacial score (nSPS) is 10.4. The summed E-state index contributed by atoms with van der Waals surface area (Å²) in [5, 5.41) is 8.64. The molecular weight excluding hydrogens is 261 g/mol. The standard InChI is InChI=1S/C9H6BrF3O/c1-4(10)5-2-7(11)9(13)6(3-14)8(5)12/h2,14H,1,3H2. The van der Waals surface area contributed by atoms with Crippen molar-refractivity contribution in [1.82, 2.24) is 0 Å². The minimum atomic E-state index is -1.37. The molecule has 14 heavy (non-hydrogen) atoms. The molecule has 0 saturated heterocycles. The summed E-state index contributed by atoms with van der Waals surface area (Å²) >= 11 is 2.85. The summed E-state index contributed by atoms with van der Waals surface area (Å²) in [5.74, 6) is -3.60. The molecule has 0 aliphatic carbocycles. The van der Waals surface area contributed by atoms with Gasteiger partial charge in [0.2, 0.25) is 0 Å². The molecule has 1 aromatic rings. The lowest BCUT2D eigenvalue weighted by Gasteiger charge is -2.07. The van der Waals surface area contributed by atoms with Crippen LogP contribution < -0.4 is 0 Å². The molecule has 1 N–H and O–H groups in total. The minimum absolute atomic E-state index is 0.0867. The largest absolute Gasteiger partial charge is 0.391 e. The van der Waals surface area contributed by atoms with E-state index in [2.05, 4.69) is 22.5 Å². The van der Waals surface area contributed by atoms with Gasteiger partial charge < -0.3 is 5.11 Å². The Balaban J connectivity index is 3.50. The smallest absolute Gasteiger partial charge is 0.167 e. The van der Waals surface area contributed by atoms with Gasteiger partial charge in [0.15, 0.2) is 11.6 Å². The van der Waals surface area contributed by atoms with E-state index in [1.165, 1.54) is 0 Å². The van der Waals surface area contributed by atoms with Gasteiger partial charge in [-0.1, -0.05) is 22.5 Å². The second-order valence-corrected chi connectivity index (χ2v) is 3.53. The molecule has 0 aromatic heterocycles. The monoisotopic (exact) mass is 266 g/mol. The Hall–Kier alpha value is -0.810. The van der Waals surface area contributed by atoms with Crippen molar-refractivity contribution in [2.75, 3.05) is 0 Å². The van der Waals surface area contributed by atoms with E-state index in [1.807, 2.05) is 0 Å². The molecule has 1 nitrogen and oxygen atoms in total. The molecule has 0 aliphatic heterocycles. The second kappa shape index (κ2) is 4.14. The number of halogens is 4. The summed E-state index contributed by atoms with van der Waals surface area (Å²) in [6, 6.07) is 0.681. The van der Waals surface area contributed by atoms with E-state index >= 15 is 0 Å². The highest BCUT2D eigenvalue weighted by atomic mass is 79.9. The summed E-state index contributed by atoms with van der Waals surface area (Å²) in [4.78, 5) is 0. The van der Waals surface area contributed by atoms with Crippen molar-refractivity contribution in [3.63, 3.8) is 0 Å². The van der Waals surface area contributed by atoms with E-state index in [0.29, 0.717) is 6.07 Å². The summed E-state index contributed by atoms with van der Waals surface area (Å²) in [7, 11) is 0. The fourth-order valence-corrected chi connectivity index (χ4v) is 1.28. The Morgan fingerprint density at radius 1 is 1.36 bits per heavy atom. The molecule has 1 aromatic carbocycles. The average molecular weight is 267 g/mol. The van der Waals surface area contributed by atoms with Crippen LogP contribution in [0.2, 0.25) is 0 Å². The quantitative estimate of drug-likeness (QED) is 0.817. The second-order valence-electron chi connectivity index (χ2n) is 2.58. The lowest BCUT2D eigenvalue weighted by Crippen LogP contribution is -2.02. The Morgan fingerprint density at radius 2 is 1.93 bits per heavy atom. The molecule has 0 saturated carbocycles. The first-order valence-electron chi connectivity index (χ1n) is 3.61. The molecule has 0 heterocycles. The van der Waals surface area contributed by atoms with Gasteiger partial charge in [-0.15, -0.1) is 0 Å².